The van der Waals surface area contributed by atoms with Gasteiger partial charge in [0.15, 0.2) is 5.88 Å². The van der Waals surface area contributed by atoms with E-state index < -0.39 is 0 Å². The maximum atomic E-state index is 5.88. The van der Waals surface area contributed by atoms with Gasteiger partial charge in [-0.3, -0.25) is 0 Å². The zero-order valence-corrected chi connectivity index (χ0v) is 12.9. The fourth-order valence-electron chi connectivity index (χ4n) is 3.35. The average Bonchev–Trinajstić information content (AvgIpc) is 2.38. The molecule has 2 saturated heterocycles. The first-order chi connectivity index (χ1) is 8.96. The van der Waals surface area contributed by atoms with Gasteiger partial charge in [-0.1, -0.05) is 0 Å². The molecule has 0 atom stereocenters. The lowest BCUT2D eigenvalue weighted by Crippen LogP contribution is -2.40. The van der Waals surface area contributed by atoms with Crippen molar-refractivity contribution in [1.29, 1.82) is 0 Å². The lowest BCUT2D eigenvalue weighted by atomic mass is 9.79. The number of nitrogens with zero attached hydrogens (tertiary/aromatic N) is 1. The Labute approximate surface area is 118 Å². The Kier molecular flexibility index (Phi) is 4.77. The summed E-state index contributed by atoms with van der Waals surface area (Å²) in [6.07, 6.45) is 5.34. The molecule has 110 valence electrons. The lowest BCUT2D eigenvalue weighted by Gasteiger charge is -2.40. The first kappa shape index (κ1) is 14.7. The Morgan fingerprint density at radius 1 is 1.05 bits per heavy atom. The van der Waals surface area contributed by atoms with Crippen LogP contribution in [0.25, 0.3) is 0 Å². The highest BCUT2D eigenvalue weighted by atomic mass is 16.5. The van der Waals surface area contributed by atoms with Crippen LogP contribution < -0.4 is 5.32 Å². The number of rotatable bonds is 3. The van der Waals surface area contributed by atoms with Crippen LogP contribution in [0.4, 0.5) is 0 Å². The van der Waals surface area contributed by atoms with E-state index >= 15 is 0 Å². The maximum Gasteiger partial charge on any atom is 0.182 e. The second-order valence-corrected chi connectivity index (χ2v) is 7.02. The van der Waals surface area contributed by atoms with Crippen molar-refractivity contribution in [2.45, 2.75) is 52.1 Å². The van der Waals surface area contributed by atoms with Crippen LogP contribution in [0.5, 0.6) is 0 Å². The van der Waals surface area contributed by atoms with E-state index in [4.69, 9.17) is 4.74 Å². The number of piperidine rings is 2. The largest absolute Gasteiger partial charge is 0.474 e. The summed E-state index contributed by atoms with van der Waals surface area (Å²) in [6, 6.07) is 0. The van der Waals surface area contributed by atoms with E-state index in [-0.39, 0.29) is 5.60 Å². The fraction of sp³-hybridized carbons (Fsp3) is 0.875. The van der Waals surface area contributed by atoms with E-state index in [1.165, 1.54) is 38.8 Å². The van der Waals surface area contributed by atoms with Crippen molar-refractivity contribution in [1.82, 2.24) is 10.2 Å². The fourth-order valence-corrected chi connectivity index (χ4v) is 3.35. The van der Waals surface area contributed by atoms with Crippen LogP contribution in [0.15, 0.2) is 12.5 Å². The van der Waals surface area contributed by atoms with Crippen molar-refractivity contribution in [3.8, 4) is 0 Å². The molecular formula is C16H30N2O. The molecule has 2 fully saturated rings. The Bertz CT molecular complexity index is 294. The Morgan fingerprint density at radius 3 is 2.11 bits per heavy atom. The van der Waals surface area contributed by atoms with Gasteiger partial charge in [0.25, 0.3) is 0 Å². The Hall–Kier alpha value is -0.700. The highest BCUT2D eigenvalue weighted by Gasteiger charge is 2.28. The van der Waals surface area contributed by atoms with Crippen molar-refractivity contribution in [3.05, 3.63) is 12.5 Å². The molecule has 3 heteroatoms. The van der Waals surface area contributed by atoms with Gasteiger partial charge >= 0.3 is 0 Å². The van der Waals surface area contributed by atoms with Crippen molar-refractivity contribution in [2.24, 2.45) is 11.8 Å². The van der Waals surface area contributed by atoms with Crippen LogP contribution >= 0.6 is 0 Å². The van der Waals surface area contributed by atoms with Crippen LogP contribution in [0, 0.1) is 11.8 Å². The molecule has 19 heavy (non-hydrogen) atoms. The van der Waals surface area contributed by atoms with Crippen LogP contribution in [0.3, 0.4) is 0 Å². The summed E-state index contributed by atoms with van der Waals surface area (Å²) < 4.78 is 5.88. The van der Waals surface area contributed by atoms with Crippen LogP contribution in [-0.4, -0.2) is 36.7 Å². The van der Waals surface area contributed by atoms with Gasteiger partial charge < -0.3 is 15.0 Å². The molecule has 2 aliphatic rings. The highest BCUT2D eigenvalue weighted by molar-refractivity contribution is 4.91. The van der Waals surface area contributed by atoms with Crippen LogP contribution in [0.1, 0.15) is 46.5 Å². The van der Waals surface area contributed by atoms with E-state index in [0.29, 0.717) is 0 Å². The topological polar surface area (TPSA) is 24.5 Å². The first-order valence-electron chi connectivity index (χ1n) is 7.79. The Morgan fingerprint density at radius 2 is 1.58 bits per heavy atom. The molecule has 2 heterocycles. The van der Waals surface area contributed by atoms with Crippen molar-refractivity contribution >= 4 is 0 Å². The van der Waals surface area contributed by atoms with Gasteiger partial charge in [-0.2, -0.15) is 0 Å². The van der Waals surface area contributed by atoms with E-state index in [1.54, 1.807) is 0 Å². The molecule has 0 radical (unpaired) electrons. The quantitative estimate of drug-likeness (QED) is 0.795. The predicted octanol–water partition coefficient (Wildman–Crippen LogP) is 2.98. The first-order valence-corrected chi connectivity index (χ1v) is 7.79. The van der Waals surface area contributed by atoms with E-state index in [1.807, 2.05) is 0 Å². The van der Waals surface area contributed by atoms with Gasteiger partial charge in [-0.25, -0.2) is 0 Å². The minimum absolute atomic E-state index is 0.136. The summed E-state index contributed by atoms with van der Waals surface area (Å²) in [4.78, 5) is 2.32. The number of likely N-dealkylation sites (tertiary alicyclic amines) is 1. The van der Waals surface area contributed by atoms with Crippen molar-refractivity contribution in [2.75, 3.05) is 26.2 Å². The van der Waals surface area contributed by atoms with E-state index in [9.17, 15) is 0 Å². The normalized spacial score (nSPS) is 23.4. The van der Waals surface area contributed by atoms with Crippen molar-refractivity contribution < 1.29 is 4.74 Å². The number of nitrogens with one attached hydrogen (secondary N) is 1. The third-order valence-corrected chi connectivity index (χ3v) is 4.37. The summed E-state index contributed by atoms with van der Waals surface area (Å²) in [5, 5.41) is 3.46. The molecule has 0 spiro atoms. The van der Waals surface area contributed by atoms with Gasteiger partial charge in [0.05, 0.1) is 0 Å². The summed E-state index contributed by atoms with van der Waals surface area (Å²) in [6.45, 7) is 15.0. The molecule has 2 aliphatic heterocycles. The molecule has 0 aliphatic carbocycles. The van der Waals surface area contributed by atoms with Gasteiger partial charge in [0, 0.05) is 13.1 Å². The minimum Gasteiger partial charge on any atom is -0.474 e. The zero-order valence-electron chi connectivity index (χ0n) is 12.9. The summed E-state index contributed by atoms with van der Waals surface area (Å²) in [7, 11) is 0. The minimum atomic E-state index is -0.136. The second kappa shape index (κ2) is 6.17. The van der Waals surface area contributed by atoms with Crippen molar-refractivity contribution in [3.63, 3.8) is 0 Å². The summed E-state index contributed by atoms with van der Waals surface area (Å²) in [5.41, 5.74) is -0.136. The molecular weight excluding hydrogens is 236 g/mol. The monoisotopic (exact) mass is 266 g/mol. The SMILES string of the molecule is C=C(OC(C)(C)C)N1CCC(C2CCNCC2)CC1. The number of hydrogen-bond donors (Lipinski definition) is 1. The van der Waals surface area contributed by atoms with Gasteiger partial charge in [-0.15, -0.1) is 0 Å². The molecule has 0 aromatic carbocycles. The highest BCUT2D eigenvalue weighted by Crippen LogP contribution is 2.32. The third-order valence-electron chi connectivity index (χ3n) is 4.37. The molecule has 0 unspecified atom stereocenters. The summed E-state index contributed by atoms with van der Waals surface area (Å²) >= 11 is 0. The van der Waals surface area contributed by atoms with Crippen LogP contribution in [-0.2, 0) is 4.74 Å². The maximum absolute atomic E-state index is 5.88. The second-order valence-electron chi connectivity index (χ2n) is 7.02. The van der Waals surface area contributed by atoms with Gasteiger partial charge in [0.1, 0.15) is 5.60 Å². The molecule has 0 aromatic heterocycles. The van der Waals surface area contributed by atoms with Gasteiger partial charge in [-0.05, 0) is 78.0 Å². The average molecular weight is 266 g/mol. The number of hydrogen-bond acceptors (Lipinski definition) is 3. The lowest BCUT2D eigenvalue weighted by molar-refractivity contribution is -0.00903. The van der Waals surface area contributed by atoms with Crippen LogP contribution in [0.2, 0.25) is 0 Å². The molecule has 0 saturated carbocycles. The molecule has 0 aromatic rings. The molecule has 0 amide bonds. The van der Waals surface area contributed by atoms with Gasteiger partial charge in [0.2, 0.25) is 0 Å². The molecule has 2 rings (SSSR count). The summed E-state index contributed by atoms with van der Waals surface area (Å²) in [5.74, 6) is 2.72. The van der Waals surface area contributed by atoms with E-state index in [0.717, 1.165) is 30.8 Å². The smallest absolute Gasteiger partial charge is 0.182 e. The third kappa shape index (κ3) is 4.41. The Balaban J connectivity index is 1.77. The number of ether oxygens (including phenoxy) is 1. The molecule has 1 N–H and O–H groups in total. The van der Waals surface area contributed by atoms with E-state index in [2.05, 4.69) is 37.6 Å². The molecule has 3 nitrogen and oxygen atoms in total. The molecule has 0 bridgehead atoms. The standard InChI is InChI=1S/C16H30N2O/c1-13(19-16(2,3)4)18-11-7-15(8-12-18)14-5-9-17-10-6-14/h14-15,17H,1,5-12H2,2-4H3. The zero-order chi connectivity index (χ0) is 13.9. The predicted molar refractivity (Wildman–Crippen MR) is 79.9 cm³/mol.